The van der Waals surface area contributed by atoms with Gasteiger partial charge in [-0.25, -0.2) is 0 Å². The molecule has 0 N–H and O–H groups in total. The van der Waals surface area contributed by atoms with E-state index in [1.807, 2.05) is 6.08 Å². The fourth-order valence-electron chi connectivity index (χ4n) is 3.27. The molecule has 0 saturated carbocycles. The molecule has 0 aliphatic carbocycles. The van der Waals surface area contributed by atoms with Crippen LogP contribution in [0.25, 0.3) is 6.08 Å². The van der Waals surface area contributed by atoms with E-state index in [2.05, 4.69) is 72.7 Å². The van der Waals surface area contributed by atoms with E-state index in [-0.39, 0.29) is 0 Å². The average molecular weight is 292 g/mol. The number of benzene rings is 2. The third kappa shape index (κ3) is 2.87. The predicted octanol–water partition coefficient (Wildman–Crippen LogP) is 4.27. The highest BCUT2D eigenvalue weighted by atomic mass is 15.3. The lowest BCUT2D eigenvalue weighted by molar-refractivity contribution is 0.651. The molecule has 0 spiro atoms. The number of nitrogens with zero attached hydrogens (tertiary/aromatic N) is 2. The van der Waals surface area contributed by atoms with Crippen LogP contribution in [0.3, 0.4) is 0 Å². The van der Waals surface area contributed by atoms with Crippen molar-refractivity contribution in [3.63, 3.8) is 0 Å². The van der Waals surface area contributed by atoms with Gasteiger partial charge in [-0.2, -0.15) is 0 Å². The van der Waals surface area contributed by atoms with E-state index < -0.39 is 0 Å². The van der Waals surface area contributed by atoms with Crippen molar-refractivity contribution >= 4 is 17.5 Å². The lowest BCUT2D eigenvalue weighted by Crippen LogP contribution is -2.47. The lowest BCUT2D eigenvalue weighted by atomic mass is 10.1. The van der Waals surface area contributed by atoms with Crippen molar-refractivity contribution in [3.8, 4) is 0 Å². The normalized spacial score (nSPS) is 15.0. The average Bonchev–Trinajstić information content (AvgIpc) is 2.55. The molecule has 1 aliphatic heterocycles. The number of hydrogen-bond acceptors (Lipinski definition) is 2. The van der Waals surface area contributed by atoms with E-state index in [4.69, 9.17) is 0 Å². The van der Waals surface area contributed by atoms with Gasteiger partial charge in [-0.15, -0.1) is 0 Å². The first-order valence-corrected chi connectivity index (χ1v) is 7.97. The molecule has 1 fully saturated rings. The van der Waals surface area contributed by atoms with Gasteiger partial charge in [0.05, 0.1) is 0 Å². The van der Waals surface area contributed by atoms with Gasteiger partial charge in [0, 0.05) is 37.6 Å². The van der Waals surface area contributed by atoms with Crippen LogP contribution in [0.2, 0.25) is 0 Å². The quantitative estimate of drug-likeness (QED) is 0.833. The van der Waals surface area contributed by atoms with E-state index in [1.54, 1.807) is 0 Å². The second-order valence-corrected chi connectivity index (χ2v) is 6.01. The van der Waals surface area contributed by atoms with Crippen molar-refractivity contribution in [2.75, 3.05) is 36.0 Å². The summed E-state index contributed by atoms with van der Waals surface area (Å²) in [5.74, 6) is 0. The molecule has 1 saturated heterocycles. The number of rotatable bonds is 3. The van der Waals surface area contributed by atoms with Crippen LogP contribution in [0.15, 0.2) is 49.0 Å². The molecule has 2 nitrogen and oxygen atoms in total. The highest BCUT2D eigenvalue weighted by molar-refractivity contribution is 5.61. The highest BCUT2D eigenvalue weighted by Gasteiger charge is 2.19. The summed E-state index contributed by atoms with van der Waals surface area (Å²) in [6.45, 7) is 12.5. The van der Waals surface area contributed by atoms with E-state index in [1.165, 1.54) is 28.1 Å². The number of para-hydroxylation sites is 1. The molecule has 0 unspecified atom stereocenters. The third-order valence-electron chi connectivity index (χ3n) is 4.53. The van der Waals surface area contributed by atoms with Crippen LogP contribution in [-0.4, -0.2) is 26.2 Å². The standard InChI is InChI=1S/C20H24N2/c1-4-18-9-10-20(17(3)15-18)22-13-11-21(12-14-22)19-8-6-5-7-16(19)2/h4-10,15H,1,11-14H2,2-3H3. The first kappa shape index (κ1) is 14.7. The summed E-state index contributed by atoms with van der Waals surface area (Å²) in [5.41, 5.74) is 6.62. The fraction of sp³-hybridized carbons (Fsp3) is 0.300. The maximum Gasteiger partial charge on any atom is 0.0397 e. The van der Waals surface area contributed by atoms with Crippen molar-refractivity contribution in [2.24, 2.45) is 0 Å². The third-order valence-corrected chi connectivity index (χ3v) is 4.53. The van der Waals surface area contributed by atoms with Crippen molar-refractivity contribution in [2.45, 2.75) is 13.8 Å². The van der Waals surface area contributed by atoms with Crippen LogP contribution in [0.5, 0.6) is 0 Å². The van der Waals surface area contributed by atoms with Crippen LogP contribution in [-0.2, 0) is 0 Å². The summed E-state index contributed by atoms with van der Waals surface area (Å²) in [5, 5.41) is 0. The Balaban J connectivity index is 1.72. The highest BCUT2D eigenvalue weighted by Crippen LogP contribution is 2.26. The van der Waals surface area contributed by atoms with Crippen LogP contribution < -0.4 is 9.80 Å². The van der Waals surface area contributed by atoms with Crippen molar-refractivity contribution in [1.29, 1.82) is 0 Å². The monoisotopic (exact) mass is 292 g/mol. The van der Waals surface area contributed by atoms with Crippen LogP contribution >= 0.6 is 0 Å². The molecule has 3 rings (SSSR count). The summed E-state index contributed by atoms with van der Waals surface area (Å²) in [6.07, 6.45) is 1.91. The number of hydrogen-bond donors (Lipinski definition) is 0. The second kappa shape index (κ2) is 6.27. The molecule has 114 valence electrons. The van der Waals surface area contributed by atoms with Crippen LogP contribution in [0.4, 0.5) is 11.4 Å². The molecule has 2 aromatic carbocycles. The molecule has 1 aliphatic rings. The number of piperazine rings is 1. The Hall–Kier alpha value is -2.22. The van der Waals surface area contributed by atoms with Crippen molar-refractivity contribution in [1.82, 2.24) is 0 Å². The Morgan fingerprint density at radius 1 is 0.818 bits per heavy atom. The van der Waals surface area contributed by atoms with Gasteiger partial charge in [-0.05, 0) is 42.7 Å². The number of aryl methyl sites for hydroxylation is 2. The van der Waals surface area contributed by atoms with Gasteiger partial charge in [0.1, 0.15) is 0 Å². The molecular formula is C20H24N2. The summed E-state index contributed by atoms with van der Waals surface area (Å²) in [7, 11) is 0. The molecule has 0 bridgehead atoms. The fourth-order valence-corrected chi connectivity index (χ4v) is 3.27. The predicted molar refractivity (Wildman–Crippen MR) is 96.9 cm³/mol. The molecular weight excluding hydrogens is 268 g/mol. The SMILES string of the molecule is C=Cc1ccc(N2CCN(c3ccccc3C)CC2)c(C)c1. The van der Waals surface area contributed by atoms with E-state index in [0.717, 1.165) is 26.2 Å². The van der Waals surface area contributed by atoms with Gasteiger partial charge in [-0.3, -0.25) is 0 Å². The maximum absolute atomic E-state index is 3.85. The molecule has 2 aromatic rings. The molecule has 0 atom stereocenters. The van der Waals surface area contributed by atoms with Gasteiger partial charge in [0.25, 0.3) is 0 Å². The van der Waals surface area contributed by atoms with Gasteiger partial charge in [0.15, 0.2) is 0 Å². The van der Waals surface area contributed by atoms with Gasteiger partial charge in [-0.1, -0.05) is 43.0 Å². The zero-order valence-electron chi connectivity index (χ0n) is 13.5. The molecule has 0 aromatic heterocycles. The summed E-state index contributed by atoms with van der Waals surface area (Å²) < 4.78 is 0. The Morgan fingerprint density at radius 2 is 1.41 bits per heavy atom. The second-order valence-electron chi connectivity index (χ2n) is 6.01. The summed E-state index contributed by atoms with van der Waals surface area (Å²) in [6, 6.07) is 15.3. The maximum atomic E-state index is 3.85. The van der Waals surface area contributed by atoms with Gasteiger partial charge < -0.3 is 9.80 Å². The van der Waals surface area contributed by atoms with Crippen LogP contribution in [0.1, 0.15) is 16.7 Å². The van der Waals surface area contributed by atoms with Crippen molar-refractivity contribution < 1.29 is 0 Å². The van der Waals surface area contributed by atoms with E-state index in [0.29, 0.717) is 0 Å². The smallest absolute Gasteiger partial charge is 0.0397 e. The largest absolute Gasteiger partial charge is 0.368 e. The summed E-state index contributed by atoms with van der Waals surface area (Å²) >= 11 is 0. The topological polar surface area (TPSA) is 6.48 Å². The number of anilines is 2. The van der Waals surface area contributed by atoms with Gasteiger partial charge in [0.2, 0.25) is 0 Å². The molecule has 2 heteroatoms. The first-order chi connectivity index (χ1) is 10.7. The zero-order valence-corrected chi connectivity index (χ0v) is 13.5. The molecule has 22 heavy (non-hydrogen) atoms. The minimum absolute atomic E-state index is 1.07. The molecule has 0 radical (unpaired) electrons. The van der Waals surface area contributed by atoms with E-state index in [9.17, 15) is 0 Å². The minimum Gasteiger partial charge on any atom is -0.368 e. The molecule has 1 heterocycles. The summed E-state index contributed by atoms with van der Waals surface area (Å²) in [4.78, 5) is 5.00. The minimum atomic E-state index is 1.07. The lowest BCUT2D eigenvalue weighted by Gasteiger charge is -2.38. The first-order valence-electron chi connectivity index (χ1n) is 7.97. The van der Waals surface area contributed by atoms with Crippen LogP contribution in [0, 0.1) is 13.8 Å². The Bertz CT molecular complexity index is 667. The Morgan fingerprint density at radius 3 is 1.95 bits per heavy atom. The van der Waals surface area contributed by atoms with Gasteiger partial charge >= 0.3 is 0 Å². The van der Waals surface area contributed by atoms with Crippen molar-refractivity contribution in [3.05, 3.63) is 65.7 Å². The Kier molecular flexibility index (Phi) is 4.19. The zero-order chi connectivity index (χ0) is 15.5. The van der Waals surface area contributed by atoms with E-state index >= 15 is 0 Å². The Labute approximate surface area is 133 Å². The molecule has 0 amide bonds.